The van der Waals surface area contributed by atoms with E-state index < -0.39 is 6.09 Å². The number of nitrogens with zero attached hydrogens (tertiary/aromatic N) is 1. The van der Waals surface area contributed by atoms with Crippen molar-refractivity contribution in [2.75, 3.05) is 5.32 Å². The number of hydrogen-bond acceptors (Lipinski definition) is 3. The van der Waals surface area contributed by atoms with Crippen molar-refractivity contribution >= 4 is 23.4 Å². The summed E-state index contributed by atoms with van der Waals surface area (Å²) in [6, 6.07) is 8.59. The highest BCUT2D eigenvalue weighted by Crippen LogP contribution is 2.20. The molecule has 92 valence electrons. The highest BCUT2D eigenvalue weighted by Gasteiger charge is 2.07. The predicted octanol–water partition coefficient (Wildman–Crippen LogP) is 3.65. The molecule has 1 heterocycles. The molecule has 0 radical (unpaired) electrons. The Labute approximate surface area is 110 Å². The summed E-state index contributed by atoms with van der Waals surface area (Å²) in [4.78, 5) is 15.5. The van der Waals surface area contributed by atoms with Crippen molar-refractivity contribution in [1.82, 2.24) is 4.98 Å². The van der Waals surface area contributed by atoms with Crippen molar-refractivity contribution in [2.24, 2.45) is 0 Å². The van der Waals surface area contributed by atoms with Crippen molar-refractivity contribution in [3.63, 3.8) is 0 Å². The summed E-state index contributed by atoms with van der Waals surface area (Å²) in [6.07, 6.45) is 2.49. The summed E-state index contributed by atoms with van der Waals surface area (Å²) in [7, 11) is 0. The fraction of sp³-hybridized carbons (Fsp3) is 0.0769. The maximum atomic E-state index is 11.6. The number of carbonyl (C=O) groups excluding carboxylic acids is 1. The number of aryl methyl sites for hydroxylation is 1. The van der Waals surface area contributed by atoms with Crippen LogP contribution in [0.15, 0.2) is 42.7 Å². The second-order valence-electron chi connectivity index (χ2n) is 3.66. The summed E-state index contributed by atoms with van der Waals surface area (Å²) < 4.78 is 5.06. The van der Waals surface area contributed by atoms with Crippen molar-refractivity contribution < 1.29 is 9.53 Å². The molecule has 0 fully saturated rings. The van der Waals surface area contributed by atoms with Gasteiger partial charge in [-0.1, -0.05) is 17.7 Å². The van der Waals surface area contributed by atoms with Gasteiger partial charge in [0.05, 0.1) is 6.20 Å². The van der Waals surface area contributed by atoms with E-state index in [4.69, 9.17) is 16.3 Å². The van der Waals surface area contributed by atoms with Gasteiger partial charge in [0.15, 0.2) is 5.75 Å². The van der Waals surface area contributed by atoms with Crippen LogP contribution in [0.2, 0.25) is 5.02 Å². The standard InChI is InChI=1S/C13H11ClN2O2/c1-9-4-5-10(14)7-12(9)16-13(17)18-11-3-2-6-15-8-11/h2-8H,1H3,(H,16,17). The Morgan fingerprint density at radius 2 is 2.22 bits per heavy atom. The molecule has 0 aliphatic heterocycles. The lowest BCUT2D eigenvalue weighted by Crippen LogP contribution is -2.17. The van der Waals surface area contributed by atoms with Gasteiger partial charge in [-0.15, -0.1) is 0 Å². The largest absolute Gasteiger partial charge is 0.417 e. The van der Waals surface area contributed by atoms with Crippen LogP contribution >= 0.6 is 11.6 Å². The Kier molecular flexibility index (Phi) is 3.79. The highest BCUT2D eigenvalue weighted by molar-refractivity contribution is 6.31. The third-order valence-electron chi connectivity index (χ3n) is 2.28. The van der Waals surface area contributed by atoms with Crippen molar-refractivity contribution in [3.05, 3.63) is 53.3 Å². The maximum Gasteiger partial charge on any atom is 0.417 e. The number of amides is 1. The minimum Gasteiger partial charge on any atom is -0.408 e. The third-order valence-corrected chi connectivity index (χ3v) is 2.52. The smallest absolute Gasteiger partial charge is 0.408 e. The zero-order chi connectivity index (χ0) is 13.0. The number of hydrogen-bond donors (Lipinski definition) is 1. The van der Waals surface area contributed by atoms with Crippen LogP contribution in [0.5, 0.6) is 5.75 Å². The summed E-state index contributed by atoms with van der Waals surface area (Å²) in [5.41, 5.74) is 1.53. The van der Waals surface area contributed by atoms with E-state index in [0.29, 0.717) is 16.5 Å². The van der Waals surface area contributed by atoms with Gasteiger partial charge in [0.1, 0.15) is 0 Å². The average Bonchev–Trinajstić information content (AvgIpc) is 2.35. The van der Waals surface area contributed by atoms with Crippen LogP contribution in [-0.2, 0) is 0 Å². The molecule has 0 aliphatic carbocycles. The van der Waals surface area contributed by atoms with E-state index in [1.165, 1.54) is 6.20 Å². The number of anilines is 1. The summed E-state index contributed by atoms with van der Waals surface area (Å²) in [5.74, 6) is 0.384. The molecule has 1 aromatic carbocycles. The third kappa shape index (κ3) is 3.21. The number of halogens is 1. The number of pyridine rings is 1. The van der Waals surface area contributed by atoms with Gasteiger partial charge >= 0.3 is 6.09 Å². The van der Waals surface area contributed by atoms with E-state index in [-0.39, 0.29) is 0 Å². The Bertz CT molecular complexity index is 558. The second kappa shape index (κ2) is 5.51. The lowest BCUT2D eigenvalue weighted by molar-refractivity contribution is 0.215. The zero-order valence-corrected chi connectivity index (χ0v) is 10.4. The fourth-order valence-corrected chi connectivity index (χ4v) is 1.55. The van der Waals surface area contributed by atoms with Gasteiger partial charge in [0.2, 0.25) is 0 Å². The summed E-state index contributed by atoms with van der Waals surface area (Å²) in [5, 5.41) is 3.18. The monoisotopic (exact) mass is 262 g/mol. The molecule has 2 aromatic rings. The van der Waals surface area contributed by atoms with Crippen molar-refractivity contribution in [2.45, 2.75) is 6.92 Å². The van der Waals surface area contributed by atoms with Gasteiger partial charge in [-0.05, 0) is 36.8 Å². The van der Waals surface area contributed by atoms with E-state index in [0.717, 1.165) is 5.56 Å². The lowest BCUT2D eigenvalue weighted by atomic mass is 10.2. The molecule has 0 spiro atoms. The molecule has 1 N–H and O–H groups in total. The molecule has 1 aromatic heterocycles. The van der Waals surface area contributed by atoms with Gasteiger partial charge < -0.3 is 4.74 Å². The number of carbonyl (C=O) groups is 1. The van der Waals surface area contributed by atoms with Crippen LogP contribution in [0.25, 0.3) is 0 Å². The van der Waals surface area contributed by atoms with Gasteiger partial charge in [-0.25, -0.2) is 4.79 Å². The first-order chi connectivity index (χ1) is 8.65. The molecule has 0 aliphatic rings. The predicted molar refractivity (Wildman–Crippen MR) is 70.1 cm³/mol. The maximum absolute atomic E-state index is 11.6. The van der Waals surface area contributed by atoms with Crippen LogP contribution in [0.3, 0.4) is 0 Å². The first-order valence-electron chi connectivity index (χ1n) is 5.30. The van der Waals surface area contributed by atoms with Crippen molar-refractivity contribution in [1.29, 1.82) is 0 Å². The molecular formula is C13H11ClN2O2. The molecule has 0 unspecified atom stereocenters. The van der Waals surface area contributed by atoms with Crippen LogP contribution in [0, 0.1) is 6.92 Å². The van der Waals surface area contributed by atoms with Gasteiger partial charge in [-0.2, -0.15) is 0 Å². The number of rotatable bonds is 2. The van der Waals surface area contributed by atoms with E-state index in [2.05, 4.69) is 10.3 Å². The van der Waals surface area contributed by atoms with E-state index in [1.807, 2.05) is 13.0 Å². The molecular weight excluding hydrogens is 252 g/mol. The summed E-state index contributed by atoms with van der Waals surface area (Å²) >= 11 is 5.86. The minimum atomic E-state index is -0.576. The first kappa shape index (κ1) is 12.4. The normalized spacial score (nSPS) is 9.89. The topological polar surface area (TPSA) is 51.2 Å². The molecule has 1 amide bonds. The summed E-state index contributed by atoms with van der Waals surface area (Å²) in [6.45, 7) is 1.87. The van der Waals surface area contributed by atoms with E-state index in [1.54, 1.807) is 30.5 Å². The molecule has 0 bridgehead atoms. The molecule has 18 heavy (non-hydrogen) atoms. The van der Waals surface area contributed by atoms with Crippen LogP contribution in [0.4, 0.5) is 10.5 Å². The molecule has 0 atom stereocenters. The van der Waals surface area contributed by atoms with Crippen LogP contribution in [0.1, 0.15) is 5.56 Å². The van der Waals surface area contributed by atoms with Gasteiger partial charge in [0.25, 0.3) is 0 Å². The number of benzene rings is 1. The molecule has 0 saturated carbocycles. The molecule has 2 rings (SSSR count). The van der Waals surface area contributed by atoms with Crippen molar-refractivity contribution in [3.8, 4) is 5.75 Å². The SMILES string of the molecule is Cc1ccc(Cl)cc1NC(=O)Oc1cccnc1. The molecule has 0 saturated heterocycles. The Hall–Kier alpha value is -2.07. The Morgan fingerprint density at radius 1 is 1.39 bits per heavy atom. The zero-order valence-electron chi connectivity index (χ0n) is 9.68. The average molecular weight is 263 g/mol. The Morgan fingerprint density at radius 3 is 2.94 bits per heavy atom. The van der Waals surface area contributed by atoms with Crippen LogP contribution < -0.4 is 10.1 Å². The quantitative estimate of drug-likeness (QED) is 0.899. The van der Waals surface area contributed by atoms with Gasteiger partial charge in [0, 0.05) is 16.9 Å². The second-order valence-corrected chi connectivity index (χ2v) is 4.10. The van der Waals surface area contributed by atoms with Gasteiger partial charge in [-0.3, -0.25) is 10.3 Å². The highest BCUT2D eigenvalue weighted by atomic mass is 35.5. The molecule has 5 heteroatoms. The first-order valence-corrected chi connectivity index (χ1v) is 5.68. The Balaban J connectivity index is 2.05. The van der Waals surface area contributed by atoms with E-state index in [9.17, 15) is 4.79 Å². The number of aromatic nitrogens is 1. The molecule has 4 nitrogen and oxygen atoms in total. The number of ether oxygens (including phenoxy) is 1. The van der Waals surface area contributed by atoms with Crippen LogP contribution in [-0.4, -0.2) is 11.1 Å². The lowest BCUT2D eigenvalue weighted by Gasteiger charge is -2.08. The minimum absolute atomic E-state index is 0.384. The number of nitrogens with one attached hydrogen (secondary N) is 1. The van der Waals surface area contributed by atoms with E-state index >= 15 is 0 Å². The fourth-order valence-electron chi connectivity index (χ4n) is 1.38.